The molecule has 0 saturated heterocycles. The van der Waals surface area contributed by atoms with Crippen LogP contribution in [0.15, 0.2) is 15.2 Å². The molecule has 1 aromatic heterocycles. The first-order valence-electron chi connectivity index (χ1n) is 5.09. The van der Waals surface area contributed by atoms with E-state index in [0.717, 1.165) is 6.42 Å². The van der Waals surface area contributed by atoms with E-state index in [1.165, 1.54) is 28.6 Å². The van der Waals surface area contributed by atoms with Crippen LogP contribution in [-0.2, 0) is 0 Å². The lowest BCUT2D eigenvalue weighted by Crippen LogP contribution is -2.30. The zero-order valence-electron chi connectivity index (χ0n) is 8.42. The smallest absolute Gasteiger partial charge is 0.0701 e. The highest BCUT2D eigenvalue weighted by atomic mass is 79.9. The van der Waals surface area contributed by atoms with E-state index in [9.17, 15) is 0 Å². The molecule has 2 N–H and O–H groups in total. The van der Waals surface area contributed by atoms with Crippen molar-refractivity contribution in [1.82, 2.24) is 0 Å². The summed E-state index contributed by atoms with van der Waals surface area (Å²) in [6.45, 7) is 2.36. The maximum atomic E-state index is 6.19. The van der Waals surface area contributed by atoms with Crippen LogP contribution in [0.25, 0.3) is 0 Å². The molecule has 0 spiro atoms. The standard InChI is InChI=1S/C11H16BrNS/c1-11(3-2-4-11)6-9(13)8-5-10(12)14-7-8/h5,7,9H,2-4,6,13H2,1H3. The fourth-order valence-electron chi connectivity index (χ4n) is 2.15. The minimum absolute atomic E-state index is 0.225. The normalized spacial score (nSPS) is 21.6. The van der Waals surface area contributed by atoms with Crippen molar-refractivity contribution in [1.29, 1.82) is 0 Å². The van der Waals surface area contributed by atoms with E-state index in [2.05, 4.69) is 34.3 Å². The first-order valence-corrected chi connectivity index (χ1v) is 6.76. The SMILES string of the molecule is CC1(CC(N)c2csc(Br)c2)CCC1. The van der Waals surface area contributed by atoms with Crippen LogP contribution < -0.4 is 5.73 Å². The predicted molar refractivity (Wildman–Crippen MR) is 65.5 cm³/mol. The van der Waals surface area contributed by atoms with E-state index in [0.29, 0.717) is 5.41 Å². The largest absolute Gasteiger partial charge is 0.324 e. The second-order valence-corrected chi connectivity index (χ2v) is 6.95. The van der Waals surface area contributed by atoms with Crippen molar-refractivity contribution in [3.8, 4) is 0 Å². The van der Waals surface area contributed by atoms with Crippen molar-refractivity contribution in [3.63, 3.8) is 0 Å². The number of halogens is 1. The van der Waals surface area contributed by atoms with Gasteiger partial charge in [-0.3, -0.25) is 0 Å². The Morgan fingerprint density at radius 1 is 1.64 bits per heavy atom. The second kappa shape index (κ2) is 3.95. The lowest BCUT2D eigenvalue weighted by Gasteiger charge is -2.40. The summed E-state index contributed by atoms with van der Waals surface area (Å²) in [4.78, 5) is 0. The van der Waals surface area contributed by atoms with E-state index in [1.807, 2.05) is 0 Å². The van der Waals surface area contributed by atoms with Crippen molar-refractivity contribution in [2.45, 2.75) is 38.6 Å². The summed E-state index contributed by atoms with van der Waals surface area (Å²) in [6.07, 6.45) is 5.23. The van der Waals surface area contributed by atoms with Gasteiger partial charge in [0, 0.05) is 6.04 Å². The molecule has 0 amide bonds. The molecular formula is C11H16BrNS. The molecule has 1 fully saturated rings. The van der Waals surface area contributed by atoms with Gasteiger partial charge in [0.25, 0.3) is 0 Å². The number of hydrogen-bond donors (Lipinski definition) is 1. The molecule has 78 valence electrons. The first kappa shape index (κ1) is 10.7. The van der Waals surface area contributed by atoms with Crippen molar-refractivity contribution >= 4 is 27.3 Å². The fraction of sp³-hybridized carbons (Fsp3) is 0.636. The molecule has 1 unspecified atom stereocenters. The zero-order valence-corrected chi connectivity index (χ0v) is 10.8. The number of rotatable bonds is 3. The van der Waals surface area contributed by atoms with Gasteiger partial charge in [-0.1, -0.05) is 13.3 Å². The van der Waals surface area contributed by atoms with Crippen molar-refractivity contribution in [3.05, 3.63) is 20.8 Å². The predicted octanol–water partition coefficient (Wildman–Crippen LogP) is 4.09. The van der Waals surface area contributed by atoms with E-state index in [1.54, 1.807) is 11.3 Å². The average Bonchev–Trinajstić information content (AvgIpc) is 2.49. The van der Waals surface area contributed by atoms with E-state index in [4.69, 9.17) is 5.73 Å². The van der Waals surface area contributed by atoms with Gasteiger partial charge in [-0.2, -0.15) is 0 Å². The average molecular weight is 274 g/mol. The molecule has 1 aliphatic rings. The lowest BCUT2D eigenvalue weighted by atomic mass is 9.66. The Kier molecular flexibility index (Phi) is 3.01. The molecule has 14 heavy (non-hydrogen) atoms. The van der Waals surface area contributed by atoms with Gasteiger partial charge in [0.2, 0.25) is 0 Å². The third-order valence-electron chi connectivity index (χ3n) is 3.29. The quantitative estimate of drug-likeness (QED) is 0.882. The van der Waals surface area contributed by atoms with Gasteiger partial charge >= 0.3 is 0 Å². The third-order valence-corrected chi connectivity index (χ3v) is 4.81. The highest BCUT2D eigenvalue weighted by molar-refractivity contribution is 9.11. The van der Waals surface area contributed by atoms with Gasteiger partial charge in [-0.05, 0) is 57.6 Å². The molecule has 1 atom stereocenters. The molecule has 0 aromatic carbocycles. The van der Waals surface area contributed by atoms with Crippen LogP contribution in [0, 0.1) is 5.41 Å². The molecule has 1 saturated carbocycles. The molecular weight excluding hydrogens is 258 g/mol. The summed E-state index contributed by atoms with van der Waals surface area (Å²) in [5.74, 6) is 0. The Bertz CT molecular complexity index is 317. The van der Waals surface area contributed by atoms with Gasteiger partial charge in [0.05, 0.1) is 3.79 Å². The second-order valence-electron chi connectivity index (χ2n) is 4.66. The number of hydrogen-bond acceptors (Lipinski definition) is 2. The van der Waals surface area contributed by atoms with E-state index in [-0.39, 0.29) is 6.04 Å². The highest BCUT2D eigenvalue weighted by Gasteiger charge is 2.33. The summed E-state index contributed by atoms with van der Waals surface area (Å²) in [7, 11) is 0. The number of nitrogens with two attached hydrogens (primary N) is 1. The first-order chi connectivity index (χ1) is 6.59. The van der Waals surface area contributed by atoms with Crippen LogP contribution in [0.2, 0.25) is 0 Å². The summed E-state index contributed by atoms with van der Waals surface area (Å²) in [6, 6.07) is 2.38. The van der Waals surface area contributed by atoms with Crippen molar-refractivity contribution < 1.29 is 0 Å². The Labute approximate surface area is 97.8 Å². The lowest BCUT2D eigenvalue weighted by molar-refractivity contribution is 0.134. The number of thiophene rings is 1. The molecule has 0 radical (unpaired) electrons. The highest BCUT2D eigenvalue weighted by Crippen LogP contribution is 2.46. The Hall–Kier alpha value is 0.140. The monoisotopic (exact) mass is 273 g/mol. The molecule has 1 nitrogen and oxygen atoms in total. The van der Waals surface area contributed by atoms with Gasteiger partial charge < -0.3 is 5.73 Å². The maximum Gasteiger partial charge on any atom is 0.0701 e. The van der Waals surface area contributed by atoms with Crippen LogP contribution >= 0.6 is 27.3 Å². The van der Waals surface area contributed by atoms with Crippen molar-refractivity contribution in [2.75, 3.05) is 0 Å². The van der Waals surface area contributed by atoms with Crippen LogP contribution in [0.4, 0.5) is 0 Å². The van der Waals surface area contributed by atoms with Gasteiger partial charge in [-0.15, -0.1) is 11.3 Å². The molecule has 3 heteroatoms. The van der Waals surface area contributed by atoms with Crippen LogP contribution in [0.3, 0.4) is 0 Å². The third kappa shape index (κ3) is 2.20. The molecule has 1 heterocycles. The molecule has 0 bridgehead atoms. The van der Waals surface area contributed by atoms with Gasteiger partial charge in [0.15, 0.2) is 0 Å². The minimum Gasteiger partial charge on any atom is -0.324 e. The summed E-state index contributed by atoms with van der Waals surface area (Å²) in [5.41, 5.74) is 8.00. The summed E-state index contributed by atoms with van der Waals surface area (Å²) >= 11 is 5.20. The van der Waals surface area contributed by atoms with Crippen LogP contribution in [0.1, 0.15) is 44.2 Å². The Morgan fingerprint density at radius 3 is 2.79 bits per heavy atom. The summed E-state index contributed by atoms with van der Waals surface area (Å²) < 4.78 is 1.18. The molecule has 1 aromatic rings. The van der Waals surface area contributed by atoms with Gasteiger partial charge in [-0.25, -0.2) is 0 Å². The zero-order chi connectivity index (χ0) is 10.2. The molecule has 2 rings (SSSR count). The minimum atomic E-state index is 0.225. The van der Waals surface area contributed by atoms with Gasteiger partial charge in [0.1, 0.15) is 0 Å². The summed E-state index contributed by atoms with van der Waals surface area (Å²) in [5, 5.41) is 2.16. The molecule has 0 aliphatic heterocycles. The maximum absolute atomic E-state index is 6.19. The van der Waals surface area contributed by atoms with Crippen LogP contribution in [-0.4, -0.2) is 0 Å². The van der Waals surface area contributed by atoms with E-state index < -0.39 is 0 Å². The Morgan fingerprint density at radius 2 is 2.36 bits per heavy atom. The van der Waals surface area contributed by atoms with Crippen molar-refractivity contribution in [2.24, 2.45) is 11.1 Å². The van der Waals surface area contributed by atoms with Crippen LogP contribution in [0.5, 0.6) is 0 Å². The molecule has 1 aliphatic carbocycles. The topological polar surface area (TPSA) is 26.0 Å². The van der Waals surface area contributed by atoms with E-state index >= 15 is 0 Å². The fourth-order valence-corrected chi connectivity index (χ4v) is 3.39. The Balaban J connectivity index is 1.98.